The van der Waals surface area contributed by atoms with Crippen LogP contribution in [0.1, 0.15) is 36.2 Å². The molecular formula is C25H26FN5O2. The monoisotopic (exact) mass is 447 g/mol. The summed E-state index contributed by atoms with van der Waals surface area (Å²) in [5.74, 6) is 0.526. The number of morpholine rings is 1. The van der Waals surface area contributed by atoms with E-state index in [1.807, 2.05) is 41.9 Å². The molecule has 1 aromatic heterocycles. The minimum Gasteiger partial charge on any atom is -0.378 e. The van der Waals surface area contributed by atoms with E-state index in [1.54, 1.807) is 17.1 Å². The lowest BCUT2D eigenvalue weighted by atomic mass is 9.97. The Labute approximate surface area is 192 Å². The zero-order chi connectivity index (χ0) is 22.9. The summed E-state index contributed by atoms with van der Waals surface area (Å²) in [6.07, 6.45) is 0.532. The number of aryl methyl sites for hydroxylation is 1. The number of anilines is 1. The van der Waals surface area contributed by atoms with E-state index in [1.165, 1.54) is 19.1 Å². The largest absolute Gasteiger partial charge is 0.378 e. The van der Waals surface area contributed by atoms with Crippen molar-refractivity contribution < 1.29 is 13.9 Å². The van der Waals surface area contributed by atoms with Crippen molar-refractivity contribution in [1.29, 1.82) is 0 Å². The van der Waals surface area contributed by atoms with Gasteiger partial charge in [-0.3, -0.25) is 4.79 Å². The maximum atomic E-state index is 13.5. The topological polar surface area (TPSA) is 63.0 Å². The van der Waals surface area contributed by atoms with Crippen molar-refractivity contribution in [2.24, 2.45) is 5.10 Å². The van der Waals surface area contributed by atoms with Gasteiger partial charge in [0.05, 0.1) is 36.3 Å². The highest BCUT2D eigenvalue weighted by molar-refractivity contribution is 6.03. The number of amides is 1. The number of nitrogens with zero attached hydrogens (tertiary/aromatic N) is 5. The van der Waals surface area contributed by atoms with Gasteiger partial charge in [0.2, 0.25) is 5.91 Å². The Hall–Kier alpha value is -3.52. The molecule has 1 saturated heterocycles. The third-order valence-electron chi connectivity index (χ3n) is 6.14. The molecule has 1 atom stereocenters. The van der Waals surface area contributed by atoms with Crippen molar-refractivity contribution in [2.75, 3.05) is 31.2 Å². The van der Waals surface area contributed by atoms with Crippen LogP contribution in [0.25, 0.3) is 5.69 Å². The second kappa shape index (κ2) is 8.78. The average Bonchev–Trinajstić information content (AvgIpc) is 3.42. The van der Waals surface area contributed by atoms with E-state index in [9.17, 15) is 9.18 Å². The zero-order valence-corrected chi connectivity index (χ0v) is 18.7. The van der Waals surface area contributed by atoms with Gasteiger partial charge in [-0.25, -0.2) is 14.1 Å². The molecule has 1 fully saturated rings. The summed E-state index contributed by atoms with van der Waals surface area (Å²) in [6, 6.07) is 16.0. The van der Waals surface area contributed by atoms with Gasteiger partial charge in [-0.15, -0.1) is 0 Å². The molecule has 2 aliphatic rings. The fourth-order valence-electron chi connectivity index (χ4n) is 4.59. The fourth-order valence-corrected chi connectivity index (χ4v) is 4.59. The van der Waals surface area contributed by atoms with Crippen molar-refractivity contribution >= 4 is 17.4 Å². The Morgan fingerprint density at radius 1 is 1.06 bits per heavy atom. The number of benzene rings is 2. The van der Waals surface area contributed by atoms with Crippen LogP contribution in [-0.4, -0.2) is 52.7 Å². The quantitative estimate of drug-likeness (QED) is 0.610. The van der Waals surface area contributed by atoms with E-state index in [0.717, 1.165) is 47.1 Å². The number of aromatic nitrogens is 2. The number of rotatable bonds is 4. The van der Waals surface area contributed by atoms with Gasteiger partial charge in [-0.2, -0.15) is 10.2 Å². The lowest BCUT2D eigenvalue weighted by molar-refractivity contribution is -0.130. The Balaban J connectivity index is 1.61. The van der Waals surface area contributed by atoms with Crippen LogP contribution in [0.2, 0.25) is 0 Å². The maximum absolute atomic E-state index is 13.5. The fraction of sp³-hybridized carbons (Fsp3) is 0.320. The van der Waals surface area contributed by atoms with Crippen LogP contribution in [0, 0.1) is 12.7 Å². The minimum absolute atomic E-state index is 0.142. The Morgan fingerprint density at radius 2 is 1.76 bits per heavy atom. The SMILES string of the molecule is CC(=O)N1N=C(c2ccc(F)cc2)CC1c1c(C)nn(-c2ccccc2)c1N1CCOCC1. The van der Waals surface area contributed by atoms with Crippen LogP contribution in [-0.2, 0) is 9.53 Å². The molecule has 0 aliphatic carbocycles. The van der Waals surface area contributed by atoms with Gasteiger partial charge in [0.25, 0.3) is 0 Å². The number of hydrogen-bond donors (Lipinski definition) is 0. The van der Waals surface area contributed by atoms with E-state index in [0.29, 0.717) is 19.6 Å². The Kier molecular flexibility index (Phi) is 5.68. The van der Waals surface area contributed by atoms with Crippen LogP contribution in [0.5, 0.6) is 0 Å². The first-order valence-corrected chi connectivity index (χ1v) is 11.1. The molecule has 0 radical (unpaired) electrons. The van der Waals surface area contributed by atoms with Gasteiger partial charge in [0.15, 0.2) is 0 Å². The molecular weight excluding hydrogens is 421 g/mol. The van der Waals surface area contributed by atoms with Crippen LogP contribution < -0.4 is 4.90 Å². The predicted molar refractivity (Wildman–Crippen MR) is 124 cm³/mol. The second-order valence-corrected chi connectivity index (χ2v) is 8.31. The molecule has 0 saturated carbocycles. The van der Waals surface area contributed by atoms with E-state index < -0.39 is 0 Å². The van der Waals surface area contributed by atoms with Crippen molar-refractivity contribution in [3.8, 4) is 5.69 Å². The normalized spacial score (nSPS) is 18.5. The zero-order valence-electron chi connectivity index (χ0n) is 18.7. The van der Waals surface area contributed by atoms with E-state index in [4.69, 9.17) is 9.84 Å². The van der Waals surface area contributed by atoms with Crippen LogP contribution in [0.3, 0.4) is 0 Å². The van der Waals surface area contributed by atoms with Gasteiger partial charge in [-0.05, 0) is 36.8 Å². The van der Waals surface area contributed by atoms with Gasteiger partial charge >= 0.3 is 0 Å². The molecule has 1 amide bonds. The molecule has 7 nitrogen and oxygen atoms in total. The Morgan fingerprint density at radius 3 is 2.42 bits per heavy atom. The molecule has 170 valence electrons. The molecule has 1 unspecified atom stereocenters. The average molecular weight is 448 g/mol. The Bertz CT molecular complexity index is 1180. The number of carbonyl (C=O) groups is 1. The molecule has 3 aromatic rings. The van der Waals surface area contributed by atoms with E-state index >= 15 is 0 Å². The molecule has 0 N–H and O–H groups in total. The highest BCUT2D eigenvalue weighted by Gasteiger charge is 2.38. The highest BCUT2D eigenvalue weighted by atomic mass is 19.1. The number of ether oxygens (including phenoxy) is 1. The summed E-state index contributed by atoms with van der Waals surface area (Å²) < 4.78 is 21.0. The first-order valence-electron chi connectivity index (χ1n) is 11.1. The number of hydrazone groups is 1. The van der Waals surface area contributed by atoms with Gasteiger partial charge < -0.3 is 9.64 Å². The number of halogens is 1. The van der Waals surface area contributed by atoms with Crippen LogP contribution in [0.4, 0.5) is 10.2 Å². The second-order valence-electron chi connectivity index (χ2n) is 8.31. The molecule has 0 bridgehead atoms. The van der Waals surface area contributed by atoms with E-state index in [-0.39, 0.29) is 17.8 Å². The first kappa shape index (κ1) is 21.3. The number of para-hydroxylation sites is 1. The number of carbonyl (C=O) groups excluding carboxylic acids is 1. The standard InChI is InChI=1S/C25H26FN5O2/c1-17-24(23-16-22(28-30(23)18(2)32)19-8-10-20(26)11-9-19)25(29-12-14-33-15-13-29)31(27-17)21-6-4-3-5-7-21/h3-11,23H,12-16H2,1-2H3. The van der Waals surface area contributed by atoms with Gasteiger partial charge in [0, 0.05) is 32.0 Å². The van der Waals surface area contributed by atoms with Crippen molar-refractivity contribution in [2.45, 2.75) is 26.3 Å². The summed E-state index contributed by atoms with van der Waals surface area (Å²) >= 11 is 0. The lowest BCUT2D eigenvalue weighted by Gasteiger charge is -2.32. The molecule has 8 heteroatoms. The molecule has 2 aliphatic heterocycles. The van der Waals surface area contributed by atoms with E-state index in [2.05, 4.69) is 10.0 Å². The van der Waals surface area contributed by atoms with Crippen LogP contribution >= 0.6 is 0 Å². The summed E-state index contributed by atoms with van der Waals surface area (Å²) in [5.41, 5.74) is 4.37. The summed E-state index contributed by atoms with van der Waals surface area (Å²) in [4.78, 5) is 14.9. The molecule has 5 rings (SSSR count). The summed E-state index contributed by atoms with van der Waals surface area (Å²) in [5, 5.41) is 11.1. The maximum Gasteiger partial charge on any atom is 0.240 e. The molecule has 3 heterocycles. The van der Waals surface area contributed by atoms with Gasteiger partial charge in [-0.1, -0.05) is 30.3 Å². The minimum atomic E-state index is -0.299. The number of hydrogen-bond acceptors (Lipinski definition) is 5. The summed E-state index contributed by atoms with van der Waals surface area (Å²) in [6.45, 7) is 6.25. The van der Waals surface area contributed by atoms with Gasteiger partial charge in [0.1, 0.15) is 11.6 Å². The van der Waals surface area contributed by atoms with Crippen molar-refractivity contribution in [3.05, 3.63) is 77.2 Å². The lowest BCUT2D eigenvalue weighted by Crippen LogP contribution is -2.38. The first-order chi connectivity index (χ1) is 16.0. The third kappa shape index (κ3) is 4.02. The van der Waals surface area contributed by atoms with Crippen molar-refractivity contribution in [3.63, 3.8) is 0 Å². The molecule has 33 heavy (non-hydrogen) atoms. The molecule has 2 aromatic carbocycles. The molecule has 0 spiro atoms. The summed E-state index contributed by atoms with van der Waals surface area (Å²) in [7, 11) is 0. The smallest absolute Gasteiger partial charge is 0.240 e. The van der Waals surface area contributed by atoms with Crippen molar-refractivity contribution in [1.82, 2.24) is 14.8 Å². The third-order valence-corrected chi connectivity index (χ3v) is 6.14. The van der Waals surface area contributed by atoms with Crippen LogP contribution in [0.15, 0.2) is 59.7 Å². The predicted octanol–water partition coefficient (Wildman–Crippen LogP) is 3.85. The highest BCUT2D eigenvalue weighted by Crippen LogP contribution is 2.41.